The SMILES string of the molecule is C=C(CCCl)CC(/C=C/c1ccccc1)S(=O)(=O)c1ccccc1. The van der Waals surface area contributed by atoms with E-state index in [0.717, 1.165) is 11.1 Å². The molecule has 0 radical (unpaired) electrons. The molecule has 0 saturated heterocycles. The highest BCUT2D eigenvalue weighted by Crippen LogP contribution is 2.24. The van der Waals surface area contributed by atoms with Gasteiger partial charge in [-0.15, -0.1) is 11.6 Å². The summed E-state index contributed by atoms with van der Waals surface area (Å²) in [6.07, 6.45) is 4.57. The molecule has 2 aromatic rings. The molecular formula is C20H21ClO2S. The van der Waals surface area contributed by atoms with Gasteiger partial charge in [0.2, 0.25) is 0 Å². The Hall–Kier alpha value is -1.84. The van der Waals surface area contributed by atoms with Gasteiger partial charge in [0.05, 0.1) is 10.1 Å². The van der Waals surface area contributed by atoms with E-state index in [2.05, 4.69) is 6.58 Å². The van der Waals surface area contributed by atoms with E-state index in [1.54, 1.807) is 36.4 Å². The van der Waals surface area contributed by atoms with E-state index < -0.39 is 15.1 Å². The quantitative estimate of drug-likeness (QED) is 0.483. The summed E-state index contributed by atoms with van der Waals surface area (Å²) in [5, 5.41) is -0.657. The van der Waals surface area contributed by atoms with Crippen molar-refractivity contribution in [2.24, 2.45) is 0 Å². The first-order valence-electron chi connectivity index (χ1n) is 7.79. The van der Waals surface area contributed by atoms with E-state index >= 15 is 0 Å². The number of alkyl halides is 1. The normalized spacial score (nSPS) is 13.0. The number of hydrogen-bond donors (Lipinski definition) is 0. The summed E-state index contributed by atoms with van der Waals surface area (Å²) in [5.41, 5.74) is 1.81. The van der Waals surface area contributed by atoms with Crippen LogP contribution >= 0.6 is 11.6 Å². The molecule has 2 rings (SSSR count). The Kier molecular flexibility index (Phi) is 6.83. The van der Waals surface area contributed by atoms with Gasteiger partial charge < -0.3 is 0 Å². The fraction of sp³-hybridized carbons (Fsp3) is 0.200. The van der Waals surface area contributed by atoms with Crippen LogP contribution in [-0.2, 0) is 9.84 Å². The molecule has 1 unspecified atom stereocenters. The second-order valence-corrected chi connectivity index (χ2v) is 8.10. The molecule has 0 N–H and O–H groups in total. The zero-order chi connectivity index (χ0) is 17.4. The minimum atomic E-state index is -3.48. The van der Waals surface area contributed by atoms with Gasteiger partial charge in [0.15, 0.2) is 9.84 Å². The third kappa shape index (κ3) is 5.08. The largest absolute Gasteiger partial charge is 0.223 e. The lowest BCUT2D eigenvalue weighted by Gasteiger charge is -2.15. The number of hydrogen-bond acceptors (Lipinski definition) is 2. The molecule has 1 atom stereocenters. The molecule has 126 valence electrons. The van der Waals surface area contributed by atoms with Crippen molar-refractivity contribution in [1.82, 2.24) is 0 Å². The Morgan fingerprint density at radius 2 is 1.62 bits per heavy atom. The van der Waals surface area contributed by atoms with Gasteiger partial charge in [-0.25, -0.2) is 8.42 Å². The Morgan fingerprint density at radius 1 is 1.04 bits per heavy atom. The summed E-state index contributed by atoms with van der Waals surface area (Å²) >= 11 is 5.76. The molecular weight excluding hydrogens is 340 g/mol. The van der Waals surface area contributed by atoms with Crippen LogP contribution in [0.3, 0.4) is 0 Å². The molecule has 0 bridgehead atoms. The molecule has 0 aliphatic heterocycles. The number of sulfone groups is 1. The zero-order valence-electron chi connectivity index (χ0n) is 13.4. The summed E-state index contributed by atoms with van der Waals surface area (Å²) in [6, 6.07) is 18.2. The van der Waals surface area contributed by atoms with Crippen LogP contribution in [0.15, 0.2) is 83.8 Å². The Labute approximate surface area is 149 Å². The van der Waals surface area contributed by atoms with E-state index in [1.165, 1.54) is 0 Å². The predicted octanol–water partition coefficient (Wildman–Crippen LogP) is 5.12. The van der Waals surface area contributed by atoms with Crippen LogP contribution in [0.4, 0.5) is 0 Å². The maximum atomic E-state index is 13.0. The van der Waals surface area contributed by atoms with E-state index in [0.29, 0.717) is 23.6 Å². The fourth-order valence-corrected chi connectivity index (χ4v) is 4.26. The van der Waals surface area contributed by atoms with Gasteiger partial charge in [0.1, 0.15) is 0 Å². The highest BCUT2D eigenvalue weighted by molar-refractivity contribution is 7.92. The van der Waals surface area contributed by atoms with Crippen LogP contribution in [0.1, 0.15) is 18.4 Å². The fourth-order valence-electron chi connectivity index (χ4n) is 2.37. The number of benzene rings is 2. The Balaban J connectivity index is 2.32. The van der Waals surface area contributed by atoms with Crippen LogP contribution in [0.5, 0.6) is 0 Å². The molecule has 0 aliphatic rings. The van der Waals surface area contributed by atoms with Crippen molar-refractivity contribution >= 4 is 27.5 Å². The van der Waals surface area contributed by atoms with E-state index in [-0.39, 0.29) is 0 Å². The molecule has 24 heavy (non-hydrogen) atoms. The second kappa shape index (κ2) is 8.86. The van der Waals surface area contributed by atoms with E-state index in [9.17, 15) is 8.42 Å². The third-order valence-electron chi connectivity index (χ3n) is 3.71. The number of halogens is 1. The van der Waals surface area contributed by atoms with Crippen molar-refractivity contribution in [3.63, 3.8) is 0 Å². The van der Waals surface area contributed by atoms with Crippen molar-refractivity contribution in [1.29, 1.82) is 0 Å². The molecule has 0 heterocycles. The minimum Gasteiger partial charge on any atom is -0.223 e. The summed E-state index contributed by atoms with van der Waals surface area (Å²) < 4.78 is 25.9. The van der Waals surface area contributed by atoms with Crippen LogP contribution in [-0.4, -0.2) is 19.5 Å². The molecule has 4 heteroatoms. The number of rotatable bonds is 8. The Morgan fingerprint density at radius 3 is 2.21 bits per heavy atom. The Bertz CT molecular complexity index is 781. The van der Waals surface area contributed by atoms with Crippen molar-refractivity contribution in [2.45, 2.75) is 23.0 Å². The molecule has 0 aromatic heterocycles. The van der Waals surface area contributed by atoms with Gasteiger partial charge in [-0.2, -0.15) is 0 Å². The van der Waals surface area contributed by atoms with Gasteiger partial charge in [-0.05, 0) is 30.5 Å². The topological polar surface area (TPSA) is 34.1 Å². The van der Waals surface area contributed by atoms with Crippen LogP contribution in [0.25, 0.3) is 6.08 Å². The van der Waals surface area contributed by atoms with Gasteiger partial charge in [-0.1, -0.05) is 72.8 Å². The maximum Gasteiger partial charge on any atom is 0.185 e. The molecule has 0 spiro atoms. The summed E-state index contributed by atoms with van der Waals surface area (Å²) in [5.74, 6) is 0.444. The lowest BCUT2D eigenvalue weighted by atomic mass is 10.1. The van der Waals surface area contributed by atoms with Crippen molar-refractivity contribution in [2.75, 3.05) is 5.88 Å². The maximum absolute atomic E-state index is 13.0. The highest BCUT2D eigenvalue weighted by atomic mass is 35.5. The first-order valence-corrected chi connectivity index (χ1v) is 9.87. The average molecular weight is 361 g/mol. The van der Waals surface area contributed by atoms with Crippen LogP contribution in [0, 0.1) is 0 Å². The first-order chi connectivity index (χ1) is 11.5. The standard InChI is InChI=1S/C20H21ClO2S/c1-17(14-15-21)16-20(13-12-18-8-4-2-5-9-18)24(22,23)19-10-6-3-7-11-19/h2-13,20H,1,14-16H2/b13-12+. The van der Waals surface area contributed by atoms with Gasteiger partial charge in [0, 0.05) is 5.88 Å². The van der Waals surface area contributed by atoms with Crippen molar-refractivity contribution < 1.29 is 8.42 Å². The first kappa shape index (κ1) is 18.5. The lowest BCUT2D eigenvalue weighted by Crippen LogP contribution is -2.20. The summed E-state index contributed by atoms with van der Waals surface area (Å²) in [7, 11) is -3.48. The van der Waals surface area contributed by atoms with Crippen LogP contribution < -0.4 is 0 Å². The molecule has 0 fully saturated rings. The molecule has 0 aliphatic carbocycles. The highest BCUT2D eigenvalue weighted by Gasteiger charge is 2.25. The summed E-state index contributed by atoms with van der Waals surface area (Å²) in [4.78, 5) is 0.325. The van der Waals surface area contributed by atoms with Gasteiger partial charge in [0.25, 0.3) is 0 Å². The van der Waals surface area contributed by atoms with Crippen LogP contribution in [0.2, 0.25) is 0 Å². The van der Waals surface area contributed by atoms with Gasteiger partial charge in [-0.3, -0.25) is 0 Å². The number of allylic oxidation sites excluding steroid dienone is 1. The van der Waals surface area contributed by atoms with E-state index in [1.807, 2.05) is 36.4 Å². The lowest BCUT2D eigenvalue weighted by molar-refractivity contribution is 0.587. The molecule has 0 saturated carbocycles. The monoisotopic (exact) mass is 360 g/mol. The average Bonchev–Trinajstić information content (AvgIpc) is 2.60. The molecule has 0 amide bonds. The molecule has 2 nitrogen and oxygen atoms in total. The van der Waals surface area contributed by atoms with Gasteiger partial charge >= 0.3 is 0 Å². The van der Waals surface area contributed by atoms with Crippen molar-refractivity contribution in [3.05, 3.63) is 84.5 Å². The zero-order valence-corrected chi connectivity index (χ0v) is 15.0. The third-order valence-corrected chi connectivity index (χ3v) is 5.95. The minimum absolute atomic E-state index is 0.325. The smallest absolute Gasteiger partial charge is 0.185 e. The molecule has 2 aromatic carbocycles. The van der Waals surface area contributed by atoms with Crippen molar-refractivity contribution in [3.8, 4) is 0 Å². The second-order valence-electron chi connectivity index (χ2n) is 5.56. The predicted molar refractivity (Wildman–Crippen MR) is 102 cm³/mol. The summed E-state index contributed by atoms with van der Waals surface area (Å²) in [6.45, 7) is 3.96. The van der Waals surface area contributed by atoms with E-state index in [4.69, 9.17) is 11.6 Å².